The topological polar surface area (TPSA) is 213 Å². The number of rotatable bonds is 18. The van der Waals surface area contributed by atoms with Crippen LogP contribution in [0, 0.1) is 3.57 Å². The van der Waals surface area contributed by atoms with Crippen molar-refractivity contribution in [3.05, 3.63) is 105 Å². The molecule has 3 N–H and O–H groups in total. The molecule has 0 saturated carbocycles. The molecular formula is C39H46IN7O10S2. The van der Waals surface area contributed by atoms with Crippen LogP contribution < -0.4 is 24.2 Å². The number of ether oxygens (including phenoxy) is 4. The predicted octanol–water partition coefficient (Wildman–Crippen LogP) is 4.57. The molecule has 0 saturated heterocycles. The second kappa shape index (κ2) is 19.5. The first-order chi connectivity index (χ1) is 28.0. The Morgan fingerprint density at radius 2 is 1.32 bits per heavy atom. The van der Waals surface area contributed by atoms with Gasteiger partial charge in [0.25, 0.3) is 0 Å². The smallest absolute Gasteiger partial charge is 0.407 e. The molecule has 1 aromatic heterocycles. The van der Waals surface area contributed by atoms with E-state index in [1.807, 2.05) is 34.7 Å². The molecule has 59 heavy (non-hydrogen) atoms. The van der Waals surface area contributed by atoms with Gasteiger partial charge in [0.2, 0.25) is 25.9 Å². The Balaban J connectivity index is 1.65. The number of halogens is 1. The van der Waals surface area contributed by atoms with Gasteiger partial charge in [-0.3, -0.25) is 0 Å². The first-order valence-corrected chi connectivity index (χ1v) is 22.1. The SMILES string of the molecule is COc1ccc(CN(Cc2ccc(OC)cc2)S(=O)(=O)c2c(S(=O)(=O)N[C@H](CO)CNC(=O)OC(C)(C)C)ccc(I)c2-c2nnn(Cc3ccc(OC)cc3)n2)cc1. The molecule has 0 spiro atoms. The van der Waals surface area contributed by atoms with E-state index in [9.17, 15) is 18.3 Å². The Morgan fingerprint density at radius 3 is 1.80 bits per heavy atom. The van der Waals surface area contributed by atoms with E-state index in [0.29, 0.717) is 31.9 Å². The lowest BCUT2D eigenvalue weighted by Gasteiger charge is -2.26. The second-order valence-electron chi connectivity index (χ2n) is 14.1. The molecule has 1 heterocycles. The van der Waals surface area contributed by atoms with E-state index in [1.165, 1.54) is 25.1 Å². The lowest BCUT2D eigenvalue weighted by atomic mass is 10.2. The molecule has 0 aliphatic carbocycles. The quantitative estimate of drug-likeness (QED) is 0.103. The Bertz CT molecular complexity index is 2380. The molecule has 4 aromatic carbocycles. The Labute approximate surface area is 357 Å². The number of aliphatic hydroxyl groups is 1. The maximum Gasteiger partial charge on any atom is 0.407 e. The number of sulfonamides is 2. The van der Waals surface area contributed by atoms with E-state index in [0.717, 1.165) is 15.9 Å². The summed E-state index contributed by atoms with van der Waals surface area (Å²) in [5.41, 5.74) is 0.992. The molecule has 0 unspecified atom stereocenters. The van der Waals surface area contributed by atoms with E-state index in [-0.39, 0.29) is 37.6 Å². The summed E-state index contributed by atoms with van der Waals surface area (Å²) in [6.07, 6.45) is -0.841. The number of hydrogen-bond acceptors (Lipinski definition) is 13. The van der Waals surface area contributed by atoms with E-state index >= 15 is 8.42 Å². The number of carbonyl (C=O) groups is 1. The van der Waals surface area contributed by atoms with Gasteiger partial charge < -0.3 is 29.4 Å². The number of benzene rings is 4. The Morgan fingerprint density at radius 1 is 0.814 bits per heavy atom. The van der Waals surface area contributed by atoms with Crippen LogP contribution in [0.2, 0.25) is 0 Å². The maximum atomic E-state index is 15.4. The van der Waals surface area contributed by atoms with E-state index in [4.69, 9.17) is 18.9 Å². The predicted molar refractivity (Wildman–Crippen MR) is 226 cm³/mol. The average Bonchev–Trinajstić information content (AvgIpc) is 3.66. The summed E-state index contributed by atoms with van der Waals surface area (Å²) in [5, 5.41) is 25.6. The zero-order valence-corrected chi connectivity index (χ0v) is 37.0. The monoisotopic (exact) mass is 963 g/mol. The summed E-state index contributed by atoms with van der Waals surface area (Å²) in [7, 11) is -5.05. The molecular weight excluding hydrogens is 918 g/mol. The lowest BCUT2D eigenvalue weighted by molar-refractivity contribution is 0.0519. The molecule has 1 amide bonds. The highest BCUT2D eigenvalue weighted by Gasteiger charge is 2.38. The van der Waals surface area contributed by atoms with Gasteiger partial charge in [0, 0.05) is 23.2 Å². The summed E-state index contributed by atoms with van der Waals surface area (Å²) in [4.78, 5) is 12.4. The standard InChI is InChI=1S/C39H46IN7O10S2/c1-39(2,3)57-38(49)41-21-29(25-48)44-58(50,51)34-20-19-33(40)35(37-42-45-47(43-37)24-28-11-17-32(56-6)18-12-28)36(34)59(52,53)46(22-26-7-13-30(54-4)14-8-26)23-27-9-15-31(55-5)16-10-27/h7-20,29,44,48H,21-25H2,1-6H3,(H,41,49)/t29-/m0/s1. The fraction of sp³-hybridized carbons (Fsp3) is 0.333. The lowest BCUT2D eigenvalue weighted by Crippen LogP contribution is -2.47. The number of nitrogens with one attached hydrogen (secondary N) is 2. The number of alkyl carbamates (subject to hydrolysis) is 1. The highest BCUT2D eigenvalue weighted by molar-refractivity contribution is 14.1. The van der Waals surface area contributed by atoms with Crippen molar-refractivity contribution in [2.45, 2.75) is 61.8 Å². The van der Waals surface area contributed by atoms with Crippen LogP contribution in [-0.2, 0) is 44.4 Å². The van der Waals surface area contributed by atoms with Gasteiger partial charge in [-0.05, 0) is 114 Å². The summed E-state index contributed by atoms with van der Waals surface area (Å²) in [6.45, 7) is 3.62. The first-order valence-electron chi connectivity index (χ1n) is 18.1. The molecule has 5 aromatic rings. The van der Waals surface area contributed by atoms with Crippen LogP contribution in [-0.4, -0.2) is 98.7 Å². The molecule has 0 aliphatic heterocycles. The highest BCUT2D eigenvalue weighted by Crippen LogP contribution is 2.38. The molecule has 20 heteroatoms. The number of hydrogen-bond donors (Lipinski definition) is 3. The summed E-state index contributed by atoms with van der Waals surface area (Å²) >= 11 is 1.91. The van der Waals surface area contributed by atoms with Gasteiger partial charge >= 0.3 is 6.09 Å². The van der Waals surface area contributed by atoms with E-state index < -0.39 is 54.2 Å². The van der Waals surface area contributed by atoms with Crippen molar-refractivity contribution in [3.8, 4) is 28.6 Å². The average molecular weight is 964 g/mol. The highest BCUT2D eigenvalue weighted by atomic mass is 127. The van der Waals surface area contributed by atoms with Crippen molar-refractivity contribution >= 4 is 48.7 Å². The molecule has 17 nitrogen and oxygen atoms in total. The number of amides is 1. The minimum Gasteiger partial charge on any atom is -0.497 e. The maximum absolute atomic E-state index is 15.4. The number of tetrazole rings is 1. The van der Waals surface area contributed by atoms with Gasteiger partial charge in [-0.25, -0.2) is 26.4 Å². The van der Waals surface area contributed by atoms with Crippen molar-refractivity contribution in [2.24, 2.45) is 0 Å². The summed E-state index contributed by atoms with van der Waals surface area (Å²) < 4.78 is 84.7. The molecule has 0 radical (unpaired) electrons. The van der Waals surface area contributed by atoms with Crippen LogP contribution in [0.15, 0.2) is 94.7 Å². The van der Waals surface area contributed by atoms with E-state index in [2.05, 4.69) is 25.4 Å². The van der Waals surface area contributed by atoms with Crippen molar-refractivity contribution < 1.29 is 45.7 Å². The van der Waals surface area contributed by atoms with Crippen LogP contribution in [0.5, 0.6) is 17.2 Å². The Hall–Kier alpha value is -4.87. The first kappa shape index (κ1) is 45.2. The number of methoxy groups -OCH3 is 3. The third-order valence-corrected chi connectivity index (χ3v) is 13.1. The molecule has 0 bridgehead atoms. The van der Waals surface area contributed by atoms with Gasteiger partial charge in [0.1, 0.15) is 32.6 Å². The normalized spacial score (nSPS) is 12.6. The number of aromatic nitrogens is 4. The molecule has 5 rings (SSSR count). The van der Waals surface area contributed by atoms with Gasteiger partial charge in [0.15, 0.2) is 0 Å². The van der Waals surface area contributed by atoms with Crippen molar-refractivity contribution in [3.63, 3.8) is 0 Å². The zero-order chi connectivity index (χ0) is 43.0. The number of aliphatic hydroxyl groups excluding tert-OH is 1. The fourth-order valence-corrected chi connectivity index (χ4v) is 10.2. The third-order valence-electron chi connectivity index (χ3n) is 8.59. The van der Waals surface area contributed by atoms with Crippen molar-refractivity contribution in [2.75, 3.05) is 34.5 Å². The second-order valence-corrected chi connectivity index (χ2v) is 18.8. The van der Waals surface area contributed by atoms with Gasteiger partial charge in [0.05, 0.1) is 46.1 Å². The van der Waals surface area contributed by atoms with Crippen LogP contribution in [0.25, 0.3) is 11.4 Å². The van der Waals surface area contributed by atoms with E-state index in [1.54, 1.807) is 88.5 Å². The third kappa shape index (κ3) is 11.9. The summed E-state index contributed by atoms with van der Waals surface area (Å²) in [5.74, 6) is 1.61. The van der Waals surface area contributed by atoms with Crippen LogP contribution >= 0.6 is 22.6 Å². The van der Waals surface area contributed by atoms with Gasteiger partial charge in [-0.1, -0.05) is 36.4 Å². The molecule has 0 fully saturated rings. The van der Waals surface area contributed by atoms with Crippen molar-refractivity contribution in [1.29, 1.82) is 0 Å². The number of nitrogens with zero attached hydrogens (tertiary/aromatic N) is 5. The van der Waals surface area contributed by atoms with Gasteiger partial charge in [-0.15, -0.1) is 10.2 Å². The van der Waals surface area contributed by atoms with Crippen LogP contribution in [0.3, 0.4) is 0 Å². The molecule has 1 atom stereocenters. The largest absolute Gasteiger partial charge is 0.497 e. The van der Waals surface area contributed by atoms with Gasteiger partial charge in [-0.2, -0.15) is 9.10 Å². The van der Waals surface area contributed by atoms with Crippen molar-refractivity contribution in [1.82, 2.24) is 34.6 Å². The molecule has 0 aliphatic rings. The zero-order valence-electron chi connectivity index (χ0n) is 33.2. The fourth-order valence-electron chi connectivity index (χ4n) is 5.69. The molecule has 316 valence electrons. The number of carbonyl (C=O) groups excluding carboxylic acids is 1. The van der Waals surface area contributed by atoms with Crippen LogP contribution in [0.4, 0.5) is 4.79 Å². The minimum absolute atomic E-state index is 0.114. The summed E-state index contributed by atoms with van der Waals surface area (Å²) in [6, 6.07) is 22.1. The Kier molecular flexibility index (Phi) is 14.9. The van der Waals surface area contributed by atoms with Crippen LogP contribution in [0.1, 0.15) is 37.5 Å². The minimum atomic E-state index is -4.83.